The summed E-state index contributed by atoms with van der Waals surface area (Å²) in [7, 11) is 1.59. The average Bonchev–Trinajstić information content (AvgIpc) is 2.63. The van der Waals surface area contributed by atoms with Crippen molar-refractivity contribution in [3.05, 3.63) is 89.6 Å². The van der Waals surface area contributed by atoms with E-state index >= 15 is 0 Å². The third-order valence-corrected chi connectivity index (χ3v) is 4.48. The van der Waals surface area contributed by atoms with E-state index in [4.69, 9.17) is 4.74 Å². The fourth-order valence-corrected chi connectivity index (χ4v) is 3.10. The summed E-state index contributed by atoms with van der Waals surface area (Å²) in [6.07, 6.45) is 1.53. The van der Waals surface area contributed by atoms with Crippen LogP contribution in [-0.4, -0.2) is 18.1 Å². The summed E-state index contributed by atoms with van der Waals surface area (Å²) in [5.41, 5.74) is 1.33. The molecular weight excluding hydrogens is 318 g/mol. The van der Waals surface area contributed by atoms with E-state index in [1.165, 1.54) is 11.1 Å². The summed E-state index contributed by atoms with van der Waals surface area (Å²) < 4.78 is 6.12. The molecule has 0 bridgehead atoms. The number of rotatable bonds is 5. The molecule has 0 aliphatic carbocycles. The van der Waals surface area contributed by atoms with Crippen molar-refractivity contribution < 1.29 is 9.48 Å². The van der Waals surface area contributed by atoms with E-state index in [2.05, 4.69) is 12.1 Å². The lowest BCUT2D eigenvalue weighted by Crippen LogP contribution is -2.00. The minimum atomic E-state index is 0.582. The third-order valence-electron chi connectivity index (χ3n) is 3.47. The van der Waals surface area contributed by atoms with Gasteiger partial charge in [-0.05, 0) is 36.4 Å². The number of para-hydroxylation sites is 1. The number of hydrogen-bond acceptors (Lipinski definition) is 3. The van der Waals surface area contributed by atoms with Crippen LogP contribution in [0.3, 0.4) is 0 Å². The molecule has 0 atom stereocenters. The summed E-state index contributed by atoms with van der Waals surface area (Å²) >= 11 is 1.67. The molecule has 3 aromatic carbocycles. The van der Waals surface area contributed by atoms with Gasteiger partial charge in [0.15, 0.2) is 6.21 Å². The number of ether oxygens (including phenoxy) is 1. The van der Waals surface area contributed by atoms with E-state index in [1.807, 2.05) is 66.7 Å². The largest absolute Gasteiger partial charge is 0.618 e. The highest BCUT2D eigenvalue weighted by Gasteiger charge is 2.06. The van der Waals surface area contributed by atoms with Gasteiger partial charge < -0.3 is 9.94 Å². The maximum absolute atomic E-state index is 12.4. The molecule has 0 fully saturated rings. The standard InChI is InChI=1S/C20H17NO2S/c1-23-20-10-6-5-7-16(20)15-21(22)17-11-13-19(14-12-17)24-18-8-3-2-4-9-18/h2-15H,1H3/b21-15-. The predicted molar refractivity (Wildman–Crippen MR) is 98.5 cm³/mol. The summed E-state index contributed by atoms with van der Waals surface area (Å²) in [5, 5.41) is 12.4. The van der Waals surface area contributed by atoms with Gasteiger partial charge in [-0.3, -0.25) is 0 Å². The normalized spacial score (nSPS) is 11.3. The zero-order valence-electron chi connectivity index (χ0n) is 13.3. The second-order valence-electron chi connectivity index (χ2n) is 5.11. The Labute approximate surface area is 145 Å². The number of benzene rings is 3. The minimum absolute atomic E-state index is 0.582. The molecule has 0 spiro atoms. The first kappa shape index (κ1) is 16.1. The molecule has 3 rings (SSSR count). The molecule has 0 radical (unpaired) electrons. The second-order valence-corrected chi connectivity index (χ2v) is 6.25. The fraction of sp³-hybridized carbons (Fsp3) is 0.0500. The van der Waals surface area contributed by atoms with Crippen LogP contribution in [0.15, 0.2) is 88.7 Å². The van der Waals surface area contributed by atoms with E-state index in [-0.39, 0.29) is 0 Å². The smallest absolute Gasteiger partial charge is 0.216 e. The lowest BCUT2D eigenvalue weighted by molar-refractivity contribution is -0.354. The number of methoxy groups -OCH3 is 1. The van der Waals surface area contributed by atoms with Gasteiger partial charge >= 0.3 is 0 Å². The van der Waals surface area contributed by atoms with E-state index in [0.717, 1.165) is 15.2 Å². The molecule has 0 aliphatic heterocycles. The molecule has 0 heterocycles. The SMILES string of the molecule is COc1ccccc1/C=[N+](\[O-])c1ccc(Sc2ccccc2)cc1. The molecule has 0 amide bonds. The van der Waals surface area contributed by atoms with E-state index in [0.29, 0.717) is 11.4 Å². The predicted octanol–water partition coefficient (Wildman–Crippen LogP) is 5.11. The Balaban J connectivity index is 1.78. The van der Waals surface area contributed by atoms with Crippen LogP contribution in [0.1, 0.15) is 5.56 Å². The highest BCUT2D eigenvalue weighted by atomic mass is 32.2. The first-order valence-electron chi connectivity index (χ1n) is 7.53. The van der Waals surface area contributed by atoms with Crippen molar-refractivity contribution in [3.8, 4) is 5.75 Å². The Morgan fingerprint density at radius 1 is 0.833 bits per heavy atom. The Morgan fingerprint density at radius 2 is 1.46 bits per heavy atom. The number of nitrogens with zero attached hydrogens (tertiary/aromatic N) is 1. The molecule has 4 heteroatoms. The summed E-state index contributed by atoms with van der Waals surface area (Å²) in [6, 6.07) is 25.1. The average molecular weight is 335 g/mol. The van der Waals surface area contributed by atoms with Crippen LogP contribution in [0.2, 0.25) is 0 Å². The van der Waals surface area contributed by atoms with Crippen molar-refractivity contribution in [2.45, 2.75) is 9.79 Å². The molecular formula is C20H17NO2S. The summed E-state index contributed by atoms with van der Waals surface area (Å²) in [5.74, 6) is 0.676. The van der Waals surface area contributed by atoms with Crippen LogP contribution in [0.5, 0.6) is 5.75 Å². The van der Waals surface area contributed by atoms with Crippen molar-refractivity contribution >= 4 is 23.7 Å². The van der Waals surface area contributed by atoms with Crippen molar-refractivity contribution in [1.82, 2.24) is 0 Å². The lowest BCUT2D eigenvalue weighted by Gasteiger charge is -2.07. The van der Waals surface area contributed by atoms with Gasteiger partial charge in [-0.15, -0.1) is 0 Å². The Morgan fingerprint density at radius 3 is 2.17 bits per heavy atom. The zero-order valence-corrected chi connectivity index (χ0v) is 14.1. The highest BCUT2D eigenvalue weighted by Crippen LogP contribution is 2.28. The van der Waals surface area contributed by atoms with Crippen LogP contribution < -0.4 is 4.74 Å². The van der Waals surface area contributed by atoms with Gasteiger partial charge in [0.1, 0.15) is 5.75 Å². The van der Waals surface area contributed by atoms with Crippen molar-refractivity contribution in [2.24, 2.45) is 0 Å². The molecule has 0 N–H and O–H groups in total. The zero-order chi connectivity index (χ0) is 16.8. The van der Waals surface area contributed by atoms with Crippen molar-refractivity contribution in [3.63, 3.8) is 0 Å². The van der Waals surface area contributed by atoms with E-state index in [9.17, 15) is 5.21 Å². The maximum Gasteiger partial charge on any atom is 0.216 e. The Hall–Kier alpha value is -2.72. The van der Waals surface area contributed by atoms with Gasteiger partial charge in [0.2, 0.25) is 5.69 Å². The fourth-order valence-electron chi connectivity index (χ4n) is 2.26. The van der Waals surface area contributed by atoms with Crippen LogP contribution >= 0.6 is 11.8 Å². The molecule has 3 nitrogen and oxygen atoms in total. The molecule has 0 aromatic heterocycles. The van der Waals surface area contributed by atoms with Crippen LogP contribution in [0.4, 0.5) is 5.69 Å². The molecule has 0 saturated carbocycles. The van der Waals surface area contributed by atoms with Gasteiger partial charge in [0.25, 0.3) is 0 Å². The molecule has 24 heavy (non-hydrogen) atoms. The van der Waals surface area contributed by atoms with Gasteiger partial charge in [-0.2, -0.15) is 4.74 Å². The third kappa shape index (κ3) is 3.97. The van der Waals surface area contributed by atoms with E-state index < -0.39 is 0 Å². The topological polar surface area (TPSA) is 35.3 Å². The Bertz CT molecular complexity index is 830. The van der Waals surface area contributed by atoms with Crippen LogP contribution in [-0.2, 0) is 0 Å². The maximum atomic E-state index is 12.4. The first-order chi connectivity index (χ1) is 11.8. The van der Waals surface area contributed by atoms with Crippen molar-refractivity contribution in [1.29, 1.82) is 0 Å². The van der Waals surface area contributed by atoms with Gasteiger partial charge in [-0.1, -0.05) is 42.1 Å². The highest BCUT2D eigenvalue weighted by molar-refractivity contribution is 7.99. The van der Waals surface area contributed by atoms with Gasteiger partial charge in [0.05, 0.1) is 12.7 Å². The van der Waals surface area contributed by atoms with Crippen LogP contribution in [0.25, 0.3) is 0 Å². The molecule has 0 saturated heterocycles. The quantitative estimate of drug-likeness (QED) is 0.281. The minimum Gasteiger partial charge on any atom is -0.618 e. The monoisotopic (exact) mass is 335 g/mol. The summed E-state index contributed by atoms with van der Waals surface area (Å²) in [4.78, 5) is 2.26. The molecule has 120 valence electrons. The van der Waals surface area contributed by atoms with Gasteiger partial charge in [-0.25, -0.2) is 0 Å². The molecule has 0 aliphatic rings. The number of hydrogen-bond donors (Lipinski definition) is 0. The van der Waals surface area contributed by atoms with E-state index in [1.54, 1.807) is 18.9 Å². The van der Waals surface area contributed by atoms with Crippen LogP contribution in [0, 0.1) is 5.21 Å². The lowest BCUT2D eigenvalue weighted by atomic mass is 10.2. The second kappa shape index (κ2) is 7.70. The molecule has 3 aromatic rings. The Kier molecular flexibility index (Phi) is 5.18. The first-order valence-corrected chi connectivity index (χ1v) is 8.35. The van der Waals surface area contributed by atoms with Gasteiger partial charge in [0, 0.05) is 21.9 Å². The summed E-state index contributed by atoms with van der Waals surface area (Å²) in [6.45, 7) is 0. The molecule has 0 unspecified atom stereocenters. The van der Waals surface area contributed by atoms with Crippen molar-refractivity contribution in [2.75, 3.05) is 7.11 Å².